The lowest BCUT2D eigenvalue weighted by atomic mass is 10.0. The topological polar surface area (TPSA) is 78.9 Å². The minimum absolute atomic E-state index is 0.0831. The van der Waals surface area contributed by atoms with Gasteiger partial charge >= 0.3 is 17.9 Å². The monoisotopic (exact) mass is 1120 g/mol. The van der Waals surface area contributed by atoms with E-state index in [0.29, 0.717) is 19.3 Å². The van der Waals surface area contributed by atoms with Gasteiger partial charge in [0, 0.05) is 19.3 Å². The van der Waals surface area contributed by atoms with Crippen molar-refractivity contribution in [1.82, 2.24) is 0 Å². The van der Waals surface area contributed by atoms with Crippen LogP contribution in [0.5, 0.6) is 0 Å². The first-order chi connectivity index (χ1) is 39.5. The molecule has 1 unspecified atom stereocenters. The molecule has 6 heteroatoms. The molecule has 464 valence electrons. The molecule has 0 aliphatic rings. The third-order valence-electron chi connectivity index (χ3n) is 15.4. The van der Waals surface area contributed by atoms with Crippen LogP contribution in [-0.4, -0.2) is 37.2 Å². The van der Waals surface area contributed by atoms with Gasteiger partial charge in [0.25, 0.3) is 0 Å². The second-order valence-corrected chi connectivity index (χ2v) is 23.4. The summed E-state index contributed by atoms with van der Waals surface area (Å²) < 4.78 is 17.0. The Morgan fingerprint density at radius 3 is 0.750 bits per heavy atom. The van der Waals surface area contributed by atoms with Gasteiger partial charge in [0.15, 0.2) is 6.10 Å². The number of hydrogen-bond donors (Lipinski definition) is 0. The molecule has 80 heavy (non-hydrogen) atoms. The van der Waals surface area contributed by atoms with Crippen molar-refractivity contribution < 1.29 is 28.6 Å². The maximum atomic E-state index is 12.9. The molecule has 0 saturated carbocycles. The van der Waals surface area contributed by atoms with Gasteiger partial charge in [0.05, 0.1) is 0 Å². The number of rotatable bonds is 64. The molecule has 0 amide bonds. The molecule has 1 atom stereocenters. The maximum absolute atomic E-state index is 12.9. The van der Waals surface area contributed by atoms with E-state index in [4.69, 9.17) is 14.2 Å². The lowest BCUT2D eigenvalue weighted by Crippen LogP contribution is -2.30. The van der Waals surface area contributed by atoms with Crippen molar-refractivity contribution in [3.8, 4) is 0 Å². The molecule has 0 N–H and O–H groups in total. The predicted molar refractivity (Wildman–Crippen MR) is 348 cm³/mol. The summed E-state index contributed by atoms with van der Waals surface area (Å²) in [5.74, 6) is -0.892. The highest BCUT2D eigenvalue weighted by Crippen LogP contribution is 2.17. The molecule has 0 aliphatic heterocycles. The van der Waals surface area contributed by atoms with Gasteiger partial charge in [-0.1, -0.05) is 299 Å². The molecule has 0 bridgehead atoms. The van der Waals surface area contributed by atoms with E-state index in [1.165, 1.54) is 218 Å². The average Bonchev–Trinajstić information content (AvgIpc) is 3.46. The summed E-state index contributed by atoms with van der Waals surface area (Å²) in [6.45, 7) is 6.62. The van der Waals surface area contributed by atoms with Crippen molar-refractivity contribution in [1.29, 1.82) is 0 Å². The molecule has 0 rings (SSSR count). The van der Waals surface area contributed by atoms with E-state index in [9.17, 15) is 14.4 Å². The number of allylic oxidation sites excluding steroid dienone is 12. The highest BCUT2D eigenvalue weighted by molar-refractivity contribution is 5.71. The lowest BCUT2D eigenvalue weighted by molar-refractivity contribution is -0.167. The zero-order valence-corrected chi connectivity index (χ0v) is 53.3. The van der Waals surface area contributed by atoms with Gasteiger partial charge in [-0.25, -0.2) is 0 Å². The van der Waals surface area contributed by atoms with Crippen molar-refractivity contribution in [3.05, 3.63) is 72.9 Å². The molecular formula is C74H132O6. The third-order valence-corrected chi connectivity index (χ3v) is 15.4. The molecule has 0 aromatic rings. The molecule has 0 fully saturated rings. The Bertz CT molecular complexity index is 1470. The minimum atomic E-state index is -0.790. The quantitative estimate of drug-likeness (QED) is 0.0261. The smallest absolute Gasteiger partial charge is 0.306 e. The zero-order valence-electron chi connectivity index (χ0n) is 53.3. The maximum Gasteiger partial charge on any atom is 0.306 e. The van der Waals surface area contributed by atoms with Crippen LogP contribution in [0, 0.1) is 0 Å². The van der Waals surface area contributed by atoms with Crippen LogP contribution in [0.1, 0.15) is 361 Å². The fraction of sp³-hybridized carbons (Fsp3) is 0.797. The van der Waals surface area contributed by atoms with Crippen molar-refractivity contribution in [2.24, 2.45) is 0 Å². The molecule has 0 radical (unpaired) electrons. The molecule has 0 saturated heterocycles. The number of ether oxygens (including phenoxy) is 3. The largest absolute Gasteiger partial charge is 0.462 e. The Morgan fingerprint density at radius 2 is 0.450 bits per heavy atom. The highest BCUT2D eigenvalue weighted by Gasteiger charge is 2.19. The van der Waals surface area contributed by atoms with Gasteiger partial charge in [-0.15, -0.1) is 0 Å². The molecule has 0 aromatic heterocycles. The molecule has 0 aliphatic carbocycles. The van der Waals surface area contributed by atoms with Crippen molar-refractivity contribution >= 4 is 17.9 Å². The highest BCUT2D eigenvalue weighted by atomic mass is 16.6. The Labute approximate surface area is 497 Å². The molecule has 0 spiro atoms. The minimum Gasteiger partial charge on any atom is -0.462 e. The Kier molecular flexibility index (Phi) is 65.7. The summed E-state index contributed by atoms with van der Waals surface area (Å²) in [5.41, 5.74) is 0. The first-order valence-electron chi connectivity index (χ1n) is 34.9. The van der Waals surface area contributed by atoms with Gasteiger partial charge in [0.2, 0.25) is 0 Å². The number of carbonyl (C=O) groups is 3. The van der Waals surface area contributed by atoms with Crippen LogP contribution in [0.2, 0.25) is 0 Å². The third kappa shape index (κ3) is 65.7. The Morgan fingerprint density at radius 1 is 0.250 bits per heavy atom. The van der Waals surface area contributed by atoms with Crippen LogP contribution in [0.15, 0.2) is 72.9 Å². The van der Waals surface area contributed by atoms with Crippen LogP contribution in [0.3, 0.4) is 0 Å². The zero-order chi connectivity index (χ0) is 57.8. The van der Waals surface area contributed by atoms with Crippen molar-refractivity contribution in [2.75, 3.05) is 13.2 Å². The first-order valence-corrected chi connectivity index (χ1v) is 34.9. The SMILES string of the molecule is CCCCC/C=C\C/C=C\C/C=C\CCCCCCCCC(=O)OC(COC(=O)CCCCCCC/C=C\C/C=C\CCCCCC)COC(=O)CCCCCCCCCCCCCCCCC/C=C\CCCCCCCCCC. The number of carbonyl (C=O) groups excluding carboxylic acids is 3. The number of hydrogen-bond acceptors (Lipinski definition) is 6. The van der Waals surface area contributed by atoms with E-state index in [2.05, 4.69) is 93.7 Å². The van der Waals surface area contributed by atoms with Crippen LogP contribution >= 0.6 is 0 Å². The van der Waals surface area contributed by atoms with E-state index in [1.54, 1.807) is 0 Å². The van der Waals surface area contributed by atoms with Crippen molar-refractivity contribution in [3.63, 3.8) is 0 Å². The van der Waals surface area contributed by atoms with Crippen LogP contribution in [0.4, 0.5) is 0 Å². The molecular weight excluding hydrogens is 985 g/mol. The van der Waals surface area contributed by atoms with E-state index in [1.807, 2.05) is 0 Å². The average molecular weight is 1120 g/mol. The van der Waals surface area contributed by atoms with Crippen molar-refractivity contribution in [2.45, 2.75) is 367 Å². The van der Waals surface area contributed by atoms with E-state index < -0.39 is 6.10 Å². The summed E-state index contributed by atoms with van der Waals surface area (Å²) in [5, 5.41) is 0. The van der Waals surface area contributed by atoms with E-state index in [0.717, 1.165) is 103 Å². The predicted octanol–water partition coefficient (Wildman–Crippen LogP) is 24.1. The van der Waals surface area contributed by atoms with E-state index >= 15 is 0 Å². The van der Waals surface area contributed by atoms with E-state index in [-0.39, 0.29) is 31.1 Å². The summed E-state index contributed by atoms with van der Waals surface area (Å²) >= 11 is 0. The van der Waals surface area contributed by atoms with Gasteiger partial charge in [-0.3, -0.25) is 14.4 Å². The summed E-state index contributed by atoms with van der Waals surface area (Å²) in [6, 6.07) is 0. The lowest BCUT2D eigenvalue weighted by Gasteiger charge is -2.18. The summed E-state index contributed by atoms with van der Waals surface area (Å²) in [6.07, 6.45) is 89.2. The molecule has 0 heterocycles. The van der Waals surface area contributed by atoms with Gasteiger partial charge in [-0.2, -0.15) is 0 Å². The van der Waals surface area contributed by atoms with Gasteiger partial charge in [0.1, 0.15) is 13.2 Å². The van der Waals surface area contributed by atoms with Gasteiger partial charge < -0.3 is 14.2 Å². The molecule has 0 aromatic carbocycles. The second kappa shape index (κ2) is 68.3. The molecule has 6 nitrogen and oxygen atoms in total. The Hall–Kier alpha value is -3.15. The fourth-order valence-electron chi connectivity index (χ4n) is 10.1. The van der Waals surface area contributed by atoms with Crippen LogP contribution < -0.4 is 0 Å². The fourth-order valence-corrected chi connectivity index (χ4v) is 10.1. The summed E-state index contributed by atoms with van der Waals surface area (Å²) in [4.78, 5) is 38.4. The van der Waals surface area contributed by atoms with Gasteiger partial charge in [-0.05, 0) is 116 Å². The number of esters is 3. The standard InChI is InChI=1S/C74H132O6/c1-4-7-10-13-16-19-22-25-28-31-33-34-35-36-37-38-39-40-42-43-46-49-52-55-58-61-64-67-73(76)79-70-71(69-78-72(75)66-63-60-57-54-51-48-45-30-27-24-21-18-15-12-9-6-3)80-74(77)68-65-62-59-56-53-50-47-44-41-32-29-26-23-20-17-14-11-8-5-2/h17,20-21,24,26,29-31,33,41,44-45,71H,4-16,18-19,22-23,25,27-28,32,34-40,42-43,46-70H2,1-3H3/b20-17-,24-21-,29-26-,33-31-,44-41-,45-30-. The summed E-state index contributed by atoms with van der Waals surface area (Å²) in [7, 11) is 0. The number of unbranched alkanes of at least 4 members (excludes halogenated alkanes) is 41. The normalized spacial score (nSPS) is 12.5. The van der Waals surface area contributed by atoms with Crippen LogP contribution in [-0.2, 0) is 28.6 Å². The second-order valence-electron chi connectivity index (χ2n) is 23.4. The van der Waals surface area contributed by atoms with Crippen LogP contribution in [0.25, 0.3) is 0 Å². The Balaban J connectivity index is 4.31. The first kappa shape index (κ1) is 76.9.